The van der Waals surface area contributed by atoms with Crippen LogP contribution < -0.4 is 10.5 Å². The Morgan fingerprint density at radius 1 is 1.07 bits per heavy atom. The van der Waals surface area contributed by atoms with Crippen LogP contribution in [0.4, 0.5) is 0 Å². The summed E-state index contributed by atoms with van der Waals surface area (Å²) in [5.41, 5.74) is 7.94. The van der Waals surface area contributed by atoms with Crippen LogP contribution in [0.15, 0.2) is 47.4 Å². The van der Waals surface area contributed by atoms with Crippen LogP contribution in [0.2, 0.25) is 0 Å². The molecule has 1 saturated carbocycles. The van der Waals surface area contributed by atoms with Gasteiger partial charge in [0, 0.05) is 67.8 Å². The summed E-state index contributed by atoms with van der Waals surface area (Å²) in [4.78, 5) is 6.41. The normalized spacial score (nSPS) is 17.4. The summed E-state index contributed by atoms with van der Waals surface area (Å²) in [6.45, 7) is 6.29. The minimum absolute atomic E-state index is 0.430. The van der Waals surface area contributed by atoms with Crippen molar-refractivity contribution in [3.8, 4) is 23.3 Å². The van der Waals surface area contributed by atoms with E-state index in [2.05, 4.69) is 40.0 Å². The van der Waals surface area contributed by atoms with Gasteiger partial charge in [-0.05, 0) is 61.6 Å². The molecular formula is C25H31N3OS. The van der Waals surface area contributed by atoms with Crippen molar-refractivity contribution in [3.63, 3.8) is 0 Å². The van der Waals surface area contributed by atoms with E-state index in [1.54, 1.807) is 11.8 Å². The van der Waals surface area contributed by atoms with Crippen LogP contribution in [-0.4, -0.2) is 54.8 Å². The molecule has 0 radical (unpaired) electrons. The second-order valence-corrected chi connectivity index (χ2v) is 8.84. The van der Waals surface area contributed by atoms with Crippen molar-refractivity contribution < 1.29 is 4.74 Å². The first kappa shape index (κ1) is 21.3. The number of ether oxygens (including phenoxy) is 1. The van der Waals surface area contributed by atoms with Gasteiger partial charge in [-0.2, -0.15) is 0 Å². The van der Waals surface area contributed by atoms with Crippen LogP contribution in [0.25, 0.3) is 0 Å². The van der Waals surface area contributed by atoms with Gasteiger partial charge in [-0.25, -0.2) is 0 Å². The van der Waals surface area contributed by atoms with Gasteiger partial charge in [-0.15, -0.1) is 11.8 Å². The van der Waals surface area contributed by atoms with Crippen LogP contribution in [0.3, 0.4) is 0 Å². The molecule has 5 heteroatoms. The van der Waals surface area contributed by atoms with E-state index in [0.717, 1.165) is 41.6 Å². The third-order valence-corrected chi connectivity index (χ3v) is 6.57. The van der Waals surface area contributed by atoms with Crippen LogP contribution in [0.5, 0.6) is 11.5 Å². The highest BCUT2D eigenvalue weighted by Crippen LogP contribution is 2.28. The van der Waals surface area contributed by atoms with E-state index in [0.29, 0.717) is 6.54 Å². The number of thioether (sulfide) groups is 1. The Morgan fingerprint density at radius 2 is 1.83 bits per heavy atom. The van der Waals surface area contributed by atoms with Gasteiger partial charge in [0.25, 0.3) is 0 Å². The standard InChI is InChI=1S/C25H31N3OS/c1-30-24-10-8-23(9-11-24)29-25-12-5-20(18-21(25)19-26)4-2-3-13-27-14-16-28(17-15-27)22-6-7-22/h5,8-12,18,22H,3,6-7,13-17,19,26H2,1H3. The third kappa shape index (κ3) is 5.80. The molecule has 1 saturated heterocycles. The minimum atomic E-state index is 0.430. The molecule has 2 N–H and O–H groups in total. The van der Waals surface area contributed by atoms with E-state index in [1.807, 2.05) is 30.3 Å². The number of rotatable bonds is 7. The minimum Gasteiger partial charge on any atom is -0.457 e. The van der Waals surface area contributed by atoms with Crippen LogP contribution in [-0.2, 0) is 6.54 Å². The van der Waals surface area contributed by atoms with Crippen molar-refractivity contribution in [3.05, 3.63) is 53.6 Å². The number of hydrogen-bond acceptors (Lipinski definition) is 5. The topological polar surface area (TPSA) is 41.7 Å². The van der Waals surface area contributed by atoms with Crippen molar-refractivity contribution in [2.45, 2.75) is 36.7 Å². The van der Waals surface area contributed by atoms with Crippen LogP contribution in [0.1, 0.15) is 30.4 Å². The van der Waals surface area contributed by atoms with Crippen molar-refractivity contribution in [1.29, 1.82) is 0 Å². The maximum absolute atomic E-state index is 6.04. The SMILES string of the molecule is CSc1ccc(Oc2ccc(C#CCCN3CCN(C4CC4)CC3)cc2CN)cc1. The van der Waals surface area contributed by atoms with E-state index >= 15 is 0 Å². The number of nitrogens with two attached hydrogens (primary N) is 1. The fourth-order valence-electron chi connectivity index (χ4n) is 3.86. The van der Waals surface area contributed by atoms with Crippen LogP contribution >= 0.6 is 11.8 Å². The monoisotopic (exact) mass is 421 g/mol. The lowest BCUT2D eigenvalue weighted by Crippen LogP contribution is -2.47. The highest BCUT2D eigenvalue weighted by molar-refractivity contribution is 7.98. The van der Waals surface area contributed by atoms with E-state index in [-0.39, 0.29) is 0 Å². The van der Waals surface area contributed by atoms with Crippen molar-refractivity contribution in [2.24, 2.45) is 5.73 Å². The molecule has 0 spiro atoms. The first-order valence-corrected chi connectivity index (χ1v) is 12.1. The molecule has 1 aliphatic carbocycles. The second-order valence-electron chi connectivity index (χ2n) is 7.96. The molecule has 0 unspecified atom stereocenters. The quantitative estimate of drug-likeness (QED) is 0.537. The molecule has 0 aromatic heterocycles. The predicted octanol–water partition coefficient (Wildman–Crippen LogP) is 4.18. The van der Waals surface area contributed by atoms with Crippen molar-refractivity contribution in [2.75, 3.05) is 39.0 Å². The zero-order valence-electron chi connectivity index (χ0n) is 17.8. The summed E-state index contributed by atoms with van der Waals surface area (Å²) in [6, 6.07) is 15.0. The molecule has 4 nitrogen and oxygen atoms in total. The molecule has 0 amide bonds. The molecule has 2 aromatic carbocycles. The average molecular weight is 422 g/mol. The lowest BCUT2D eigenvalue weighted by molar-refractivity contribution is 0.128. The van der Waals surface area contributed by atoms with Gasteiger partial charge in [0.1, 0.15) is 11.5 Å². The molecule has 1 heterocycles. The number of piperazine rings is 1. The summed E-state index contributed by atoms with van der Waals surface area (Å²) in [5, 5.41) is 0. The maximum Gasteiger partial charge on any atom is 0.131 e. The fourth-order valence-corrected chi connectivity index (χ4v) is 4.27. The van der Waals surface area contributed by atoms with Gasteiger partial charge in [-0.1, -0.05) is 11.8 Å². The summed E-state index contributed by atoms with van der Waals surface area (Å²) in [5.74, 6) is 8.26. The Morgan fingerprint density at radius 3 is 2.50 bits per heavy atom. The second kappa shape index (κ2) is 10.4. The fraction of sp³-hybridized carbons (Fsp3) is 0.440. The maximum atomic E-state index is 6.04. The van der Waals surface area contributed by atoms with Gasteiger partial charge in [-0.3, -0.25) is 9.80 Å². The van der Waals surface area contributed by atoms with Crippen LogP contribution in [0, 0.1) is 11.8 Å². The Balaban J connectivity index is 1.29. The molecule has 30 heavy (non-hydrogen) atoms. The molecular weight excluding hydrogens is 390 g/mol. The van der Waals surface area contributed by atoms with Gasteiger partial charge >= 0.3 is 0 Å². The Hall–Kier alpha value is -1.97. The molecule has 2 aromatic rings. The lowest BCUT2D eigenvalue weighted by Gasteiger charge is -2.34. The molecule has 0 atom stereocenters. The van der Waals surface area contributed by atoms with Gasteiger partial charge in [0.15, 0.2) is 0 Å². The average Bonchev–Trinajstić information content (AvgIpc) is 3.64. The van der Waals surface area contributed by atoms with Crippen molar-refractivity contribution >= 4 is 11.8 Å². The van der Waals surface area contributed by atoms with Gasteiger partial charge in [0.05, 0.1) is 0 Å². The predicted molar refractivity (Wildman–Crippen MR) is 125 cm³/mol. The third-order valence-electron chi connectivity index (χ3n) is 5.82. The zero-order chi connectivity index (χ0) is 20.8. The smallest absolute Gasteiger partial charge is 0.131 e. The Labute approximate surface area is 184 Å². The number of hydrogen-bond donors (Lipinski definition) is 1. The van der Waals surface area contributed by atoms with Gasteiger partial charge in [0.2, 0.25) is 0 Å². The van der Waals surface area contributed by atoms with Crippen molar-refractivity contribution in [1.82, 2.24) is 9.80 Å². The molecule has 1 aliphatic heterocycles. The first-order valence-electron chi connectivity index (χ1n) is 10.9. The highest BCUT2D eigenvalue weighted by Gasteiger charge is 2.30. The molecule has 2 aliphatic rings. The Bertz CT molecular complexity index is 891. The molecule has 2 fully saturated rings. The number of nitrogens with zero attached hydrogens (tertiary/aromatic N) is 2. The molecule has 158 valence electrons. The van der Waals surface area contributed by atoms with E-state index in [4.69, 9.17) is 10.5 Å². The summed E-state index contributed by atoms with van der Waals surface area (Å²) < 4.78 is 6.04. The summed E-state index contributed by atoms with van der Waals surface area (Å²) in [7, 11) is 0. The van der Waals surface area contributed by atoms with E-state index < -0.39 is 0 Å². The largest absolute Gasteiger partial charge is 0.457 e. The first-order chi connectivity index (χ1) is 14.7. The summed E-state index contributed by atoms with van der Waals surface area (Å²) >= 11 is 1.72. The lowest BCUT2D eigenvalue weighted by atomic mass is 10.1. The Kier molecular flexibility index (Phi) is 7.35. The van der Waals surface area contributed by atoms with E-state index in [1.165, 1.54) is 43.9 Å². The zero-order valence-corrected chi connectivity index (χ0v) is 18.6. The number of benzene rings is 2. The van der Waals surface area contributed by atoms with E-state index in [9.17, 15) is 0 Å². The van der Waals surface area contributed by atoms with Gasteiger partial charge < -0.3 is 10.5 Å². The highest BCUT2D eigenvalue weighted by atomic mass is 32.2. The summed E-state index contributed by atoms with van der Waals surface area (Å²) in [6.07, 6.45) is 5.79. The molecule has 4 rings (SSSR count). The molecule has 0 bridgehead atoms.